The number of halogens is 1. The Bertz CT molecular complexity index is 1130. The van der Waals surface area contributed by atoms with Crippen LogP contribution in [0.15, 0.2) is 18.3 Å². The number of pyridine rings is 1. The number of nitrogens with one attached hydrogen (secondary N) is 1. The molecule has 0 spiro atoms. The van der Waals surface area contributed by atoms with Crippen LogP contribution < -0.4 is 10.2 Å². The molecule has 0 unspecified atom stereocenters. The van der Waals surface area contributed by atoms with E-state index in [1.807, 2.05) is 6.07 Å². The third kappa shape index (κ3) is 2.29. The van der Waals surface area contributed by atoms with E-state index in [1.165, 1.54) is 22.0 Å². The normalized spacial score (nSPS) is 20.7. The van der Waals surface area contributed by atoms with E-state index in [0.717, 1.165) is 24.3 Å². The third-order valence-corrected chi connectivity index (χ3v) is 5.94. The van der Waals surface area contributed by atoms with Crippen molar-refractivity contribution >= 4 is 11.2 Å². The number of hydrogen-bond acceptors (Lipinski definition) is 5. The van der Waals surface area contributed by atoms with E-state index >= 15 is 0 Å². The van der Waals surface area contributed by atoms with Crippen LogP contribution in [0.2, 0.25) is 0 Å². The summed E-state index contributed by atoms with van der Waals surface area (Å²) in [6.07, 6.45) is 2.12. The maximum Gasteiger partial charge on any atom is 0.171 e. The Morgan fingerprint density at radius 3 is 2.96 bits per heavy atom. The van der Waals surface area contributed by atoms with E-state index in [1.54, 1.807) is 6.07 Å². The summed E-state index contributed by atoms with van der Waals surface area (Å²) < 4.78 is 18.1. The van der Waals surface area contributed by atoms with Crippen molar-refractivity contribution in [3.8, 4) is 6.07 Å². The number of nitriles is 1. The van der Waals surface area contributed by atoms with Crippen molar-refractivity contribution in [2.75, 3.05) is 18.0 Å². The van der Waals surface area contributed by atoms with Crippen LogP contribution in [-0.2, 0) is 18.5 Å². The number of fused-ring (bicyclic) bond motifs is 4. The molecule has 3 aromatic heterocycles. The molecule has 0 bridgehead atoms. The molecule has 1 N–H and O–H groups in total. The fourth-order valence-corrected chi connectivity index (χ4v) is 4.60. The fraction of sp³-hybridized carbons (Fsp3) is 0.450. The lowest BCUT2D eigenvalue weighted by molar-refractivity contribution is 0.363. The van der Waals surface area contributed by atoms with Crippen LogP contribution in [0.3, 0.4) is 0 Å². The van der Waals surface area contributed by atoms with Gasteiger partial charge in [0.1, 0.15) is 17.3 Å². The molecule has 28 heavy (non-hydrogen) atoms. The van der Waals surface area contributed by atoms with Crippen LogP contribution in [0, 0.1) is 17.1 Å². The summed E-state index contributed by atoms with van der Waals surface area (Å²) in [5.74, 6) is -0.411. The summed E-state index contributed by atoms with van der Waals surface area (Å²) in [6, 6.07) is 5.77. The summed E-state index contributed by atoms with van der Waals surface area (Å²) in [5.41, 5.74) is 4.91. The first-order valence-corrected chi connectivity index (χ1v) is 9.58. The first-order chi connectivity index (χ1) is 13.4. The number of nitrogens with zero attached hydrogens (tertiary/aromatic N) is 6. The minimum Gasteiger partial charge on any atom is -0.362 e. The van der Waals surface area contributed by atoms with Gasteiger partial charge in [0, 0.05) is 18.7 Å². The summed E-state index contributed by atoms with van der Waals surface area (Å²) in [7, 11) is 0. The zero-order chi connectivity index (χ0) is 19.6. The molecule has 0 amide bonds. The zero-order valence-corrected chi connectivity index (χ0v) is 16.2. The summed E-state index contributed by atoms with van der Waals surface area (Å²) >= 11 is 0. The second kappa shape index (κ2) is 5.79. The van der Waals surface area contributed by atoms with E-state index in [0.29, 0.717) is 24.3 Å². The Labute approximate surface area is 162 Å². The van der Waals surface area contributed by atoms with Gasteiger partial charge in [-0.05, 0) is 39.3 Å². The molecule has 2 aliphatic heterocycles. The minimum atomic E-state index is -0.411. The molecule has 7 nitrogen and oxygen atoms in total. The van der Waals surface area contributed by atoms with Crippen LogP contribution >= 0.6 is 0 Å². The quantitative estimate of drug-likeness (QED) is 0.703. The molecule has 0 radical (unpaired) electrons. The van der Waals surface area contributed by atoms with E-state index in [4.69, 9.17) is 5.10 Å². The van der Waals surface area contributed by atoms with Crippen molar-refractivity contribution in [1.29, 1.82) is 5.26 Å². The minimum absolute atomic E-state index is 0.151. The molecule has 0 aromatic carbocycles. The highest BCUT2D eigenvalue weighted by Gasteiger charge is 2.36. The van der Waals surface area contributed by atoms with Crippen LogP contribution in [0.1, 0.15) is 49.5 Å². The van der Waals surface area contributed by atoms with E-state index in [9.17, 15) is 9.65 Å². The van der Waals surface area contributed by atoms with Gasteiger partial charge in [0.05, 0.1) is 41.4 Å². The summed E-state index contributed by atoms with van der Waals surface area (Å²) in [4.78, 5) is 2.18. The molecule has 0 saturated carbocycles. The Hall–Kier alpha value is -2.92. The molecule has 8 heteroatoms. The highest BCUT2D eigenvalue weighted by atomic mass is 19.1. The van der Waals surface area contributed by atoms with Gasteiger partial charge in [0.15, 0.2) is 5.82 Å². The Morgan fingerprint density at radius 2 is 2.18 bits per heavy atom. The highest BCUT2D eigenvalue weighted by Crippen LogP contribution is 2.36. The lowest BCUT2D eigenvalue weighted by Crippen LogP contribution is -2.42. The lowest BCUT2D eigenvalue weighted by Gasteiger charge is -2.35. The monoisotopic (exact) mass is 379 g/mol. The maximum atomic E-state index is 14.5. The van der Waals surface area contributed by atoms with Crippen LogP contribution in [0.5, 0.6) is 0 Å². The molecule has 3 aromatic rings. The van der Waals surface area contributed by atoms with Gasteiger partial charge in [-0.1, -0.05) is 0 Å². The van der Waals surface area contributed by atoms with E-state index < -0.39 is 5.82 Å². The molecule has 5 rings (SSSR count). The smallest absolute Gasteiger partial charge is 0.171 e. The maximum absolute atomic E-state index is 14.5. The second-order valence-electron chi connectivity index (χ2n) is 8.22. The van der Waals surface area contributed by atoms with Crippen molar-refractivity contribution in [2.45, 2.75) is 45.3 Å². The molecule has 2 aliphatic rings. The summed E-state index contributed by atoms with van der Waals surface area (Å²) in [5, 5.41) is 21.8. The standard InChI is InChI=1S/C20H22FN7/c1-12-10-26(16-5-4-13(8-22)28-18(16)15(21)9-24-28)11-17-14-6-7-23-20(2,3)19(14)25-27(12)17/h4-5,9,12,23H,6-7,10-11H2,1-3H3/t12-/m1/s1. The Balaban J connectivity index is 1.63. The summed E-state index contributed by atoms with van der Waals surface area (Å²) in [6.45, 7) is 8.77. The topological polar surface area (TPSA) is 74.2 Å². The molecule has 0 fully saturated rings. The van der Waals surface area contributed by atoms with E-state index in [2.05, 4.69) is 46.8 Å². The van der Waals surface area contributed by atoms with Gasteiger partial charge in [0.2, 0.25) is 0 Å². The van der Waals surface area contributed by atoms with Crippen molar-refractivity contribution in [3.63, 3.8) is 0 Å². The first kappa shape index (κ1) is 17.2. The fourth-order valence-electron chi connectivity index (χ4n) is 4.60. The molecule has 0 saturated heterocycles. The van der Waals surface area contributed by atoms with Gasteiger partial charge < -0.3 is 10.2 Å². The zero-order valence-electron chi connectivity index (χ0n) is 16.2. The van der Waals surface area contributed by atoms with Crippen LogP contribution in [0.25, 0.3) is 5.52 Å². The van der Waals surface area contributed by atoms with E-state index in [-0.39, 0.29) is 11.6 Å². The molecule has 0 aliphatic carbocycles. The van der Waals surface area contributed by atoms with Crippen molar-refractivity contribution in [3.05, 3.63) is 46.8 Å². The molecule has 144 valence electrons. The predicted molar refractivity (Wildman–Crippen MR) is 103 cm³/mol. The molecular formula is C20H22FN7. The van der Waals surface area contributed by atoms with Gasteiger partial charge in [0.25, 0.3) is 0 Å². The van der Waals surface area contributed by atoms with Gasteiger partial charge in [-0.25, -0.2) is 8.91 Å². The van der Waals surface area contributed by atoms with Crippen molar-refractivity contribution in [2.24, 2.45) is 0 Å². The molecular weight excluding hydrogens is 357 g/mol. The number of aromatic nitrogens is 4. The highest BCUT2D eigenvalue weighted by molar-refractivity contribution is 5.75. The lowest BCUT2D eigenvalue weighted by atomic mass is 9.90. The average molecular weight is 379 g/mol. The number of anilines is 1. The first-order valence-electron chi connectivity index (χ1n) is 9.58. The number of hydrogen-bond donors (Lipinski definition) is 1. The largest absolute Gasteiger partial charge is 0.362 e. The Morgan fingerprint density at radius 1 is 1.36 bits per heavy atom. The van der Waals surface area contributed by atoms with Crippen molar-refractivity contribution in [1.82, 2.24) is 24.7 Å². The third-order valence-electron chi connectivity index (χ3n) is 5.94. The average Bonchev–Trinajstić information content (AvgIpc) is 3.24. The van der Waals surface area contributed by atoms with Gasteiger partial charge in [-0.15, -0.1) is 0 Å². The van der Waals surface area contributed by atoms with Crippen LogP contribution in [-0.4, -0.2) is 32.5 Å². The van der Waals surface area contributed by atoms with Gasteiger partial charge in [-0.3, -0.25) is 4.68 Å². The predicted octanol–water partition coefficient (Wildman–Crippen LogP) is 2.50. The van der Waals surface area contributed by atoms with Crippen molar-refractivity contribution < 1.29 is 4.39 Å². The second-order valence-corrected chi connectivity index (χ2v) is 8.22. The molecule has 1 atom stereocenters. The number of rotatable bonds is 1. The van der Waals surface area contributed by atoms with Crippen LogP contribution in [0.4, 0.5) is 10.1 Å². The van der Waals surface area contributed by atoms with Gasteiger partial charge in [-0.2, -0.15) is 15.5 Å². The SMILES string of the molecule is C[C@@H]1CN(c2ccc(C#N)n3ncc(F)c23)Cc2c3c(nn21)C(C)(C)NCC3. The Kier molecular flexibility index (Phi) is 3.55. The van der Waals surface area contributed by atoms with Gasteiger partial charge >= 0.3 is 0 Å². The molecule has 5 heterocycles.